The van der Waals surface area contributed by atoms with Gasteiger partial charge in [-0.25, -0.2) is 4.39 Å². The number of amides is 1. The van der Waals surface area contributed by atoms with E-state index in [1.54, 1.807) is 12.1 Å². The van der Waals surface area contributed by atoms with Gasteiger partial charge in [-0.15, -0.1) is 11.6 Å². The van der Waals surface area contributed by atoms with Crippen LogP contribution in [-0.4, -0.2) is 17.8 Å². The lowest BCUT2D eigenvalue weighted by Crippen LogP contribution is -2.29. The molecule has 0 saturated heterocycles. The maximum Gasteiger partial charge on any atom is 0.254 e. The van der Waals surface area contributed by atoms with Crippen LogP contribution in [0.1, 0.15) is 29.6 Å². The van der Waals surface area contributed by atoms with Gasteiger partial charge in [0.05, 0.1) is 5.56 Å². The third-order valence-electron chi connectivity index (χ3n) is 3.15. The van der Waals surface area contributed by atoms with Crippen molar-refractivity contribution in [1.29, 1.82) is 0 Å². The van der Waals surface area contributed by atoms with Crippen LogP contribution in [0.15, 0.2) is 24.3 Å². The van der Waals surface area contributed by atoms with Crippen molar-refractivity contribution in [2.45, 2.75) is 24.6 Å². The van der Waals surface area contributed by atoms with Gasteiger partial charge in [0.2, 0.25) is 0 Å². The molecule has 0 heterocycles. The van der Waals surface area contributed by atoms with E-state index in [-0.39, 0.29) is 16.8 Å². The number of alkyl halides is 1. The lowest BCUT2D eigenvalue weighted by Gasteiger charge is -2.11. The molecular formula is C13H15ClFNO. The van der Waals surface area contributed by atoms with Crippen molar-refractivity contribution in [2.75, 3.05) is 6.54 Å². The minimum absolute atomic E-state index is 0.105. The van der Waals surface area contributed by atoms with Gasteiger partial charge in [-0.05, 0) is 37.3 Å². The second kappa shape index (κ2) is 5.50. The first-order valence-electron chi connectivity index (χ1n) is 5.83. The molecule has 2 nitrogen and oxygen atoms in total. The Morgan fingerprint density at radius 3 is 2.82 bits per heavy atom. The molecule has 0 spiro atoms. The second-order valence-corrected chi connectivity index (χ2v) is 5.08. The van der Waals surface area contributed by atoms with Crippen LogP contribution in [0.25, 0.3) is 0 Å². The predicted octanol–water partition coefficient (Wildman–Crippen LogP) is 2.96. The van der Waals surface area contributed by atoms with E-state index in [0.717, 1.165) is 19.3 Å². The Kier molecular flexibility index (Phi) is 4.00. The van der Waals surface area contributed by atoms with Crippen molar-refractivity contribution < 1.29 is 9.18 Å². The summed E-state index contributed by atoms with van der Waals surface area (Å²) in [4.78, 5) is 11.7. The zero-order valence-corrected chi connectivity index (χ0v) is 10.2. The van der Waals surface area contributed by atoms with Crippen LogP contribution >= 0.6 is 11.6 Å². The van der Waals surface area contributed by atoms with Crippen molar-refractivity contribution in [2.24, 2.45) is 5.92 Å². The Labute approximate surface area is 105 Å². The molecule has 0 aromatic heterocycles. The quantitative estimate of drug-likeness (QED) is 0.827. The summed E-state index contributed by atoms with van der Waals surface area (Å²) in [6.45, 7) is 0.580. The molecule has 0 radical (unpaired) electrons. The van der Waals surface area contributed by atoms with E-state index in [1.807, 2.05) is 0 Å². The molecule has 1 aromatic carbocycles. The fraction of sp³-hybridized carbons (Fsp3) is 0.462. The molecule has 1 aromatic rings. The Balaban J connectivity index is 1.88. The van der Waals surface area contributed by atoms with Crippen LogP contribution < -0.4 is 5.32 Å². The van der Waals surface area contributed by atoms with Crippen molar-refractivity contribution in [3.8, 4) is 0 Å². The molecule has 1 saturated carbocycles. The fourth-order valence-corrected chi connectivity index (χ4v) is 2.55. The minimum Gasteiger partial charge on any atom is -0.352 e. The zero-order chi connectivity index (χ0) is 12.3. The number of rotatable bonds is 3. The van der Waals surface area contributed by atoms with Crippen molar-refractivity contribution in [1.82, 2.24) is 5.32 Å². The second-order valence-electron chi connectivity index (χ2n) is 4.47. The molecule has 1 aliphatic rings. The molecular weight excluding hydrogens is 241 g/mol. The standard InChI is InChI=1S/C13H15ClFNO/c14-10-6-5-9(7-10)8-16-13(17)11-3-1-2-4-12(11)15/h1-4,9-10H,5-8H2,(H,16,17). The summed E-state index contributed by atoms with van der Waals surface area (Å²) in [5, 5.41) is 2.99. The van der Waals surface area contributed by atoms with Gasteiger partial charge in [-0.1, -0.05) is 12.1 Å². The molecule has 0 aliphatic heterocycles. The predicted molar refractivity (Wildman–Crippen MR) is 65.7 cm³/mol. The molecule has 2 atom stereocenters. The van der Waals surface area contributed by atoms with Crippen LogP contribution in [0.2, 0.25) is 0 Å². The minimum atomic E-state index is -0.480. The number of carbonyl (C=O) groups excluding carboxylic acids is 1. The first-order chi connectivity index (χ1) is 8.16. The number of benzene rings is 1. The highest BCUT2D eigenvalue weighted by Gasteiger charge is 2.23. The number of nitrogens with one attached hydrogen (secondary N) is 1. The van der Waals surface area contributed by atoms with Crippen LogP contribution in [0.3, 0.4) is 0 Å². The summed E-state index contributed by atoms with van der Waals surface area (Å²) in [5.41, 5.74) is 0.105. The highest BCUT2D eigenvalue weighted by molar-refractivity contribution is 6.20. The number of hydrogen-bond acceptors (Lipinski definition) is 1. The molecule has 2 rings (SSSR count). The van der Waals surface area contributed by atoms with Gasteiger partial charge in [0, 0.05) is 11.9 Å². The lowest BCUT2D eigenvalue weighted by atomic mass is 10.1. The maximum absolute atomic E-state index is 13.3. The topological polar surface area (TPSA) is 29.1 Å². The Hall–Kier alpha value is -1.09. The number of hydrogen-bond donors (Lipinski definition) is 1. The summed E-state index contributed by atoms with van der Waals surface area (Å²) < 4.78 is 13.3. The molecule has 4 heteroatoms. The largest absolute Gasteiger partial charge is 0.352 e. The van der Waals surface area contributed by atoms with Gasteiger partial charge >= 0.3 is 0 Å². The first-order valence-corrected chi connectivity index (χ1v) is 6.27. The lowest BCUT2D eigenvalue weighted by molar-refractivity contribution is 0.0943. The summed E-state index contributed by atoms with van der Waals surface area (Å²) >= 11 is 5.99. The molecule has 17 heavy (non-hydrogen) atoms. The molecule has 1 aliphatic carbocycles. The molecule has 1 amide bonds. The number of halogens is 2. The third kappa shape index (κ3) is 3.19. The van der Waals surface area contributed by atoms with Crippen LogP contribution in [0.5, 0.6) is 0 Å². The van der Waals surface area contributed by atoms with E-state index in [1.165, 1.54) is 12.1 Å². The van der Waals surface area contributed by atoms with E-state index < -0.39 is 5.82 Å². The van der Waals surface area contributed by atoms with Crippen molar-refractivity contribution >= 4 is 17.5 Å². The van der Waals surface area contributed by atoms with Crippen LogP contribution in [0.4, 0.5) is 4.39 Å². The first kappa shape index (κ1) is 12.4. The number of carbonyl (C=O) groups is 1. The van der Waals surface area contributed by atoms with Gasteiger partial charge in [0.15, 0.2) is 0 Å². The molecule has 0 bridgehead atoms. The molecule has 2 unspecified atom stereocenters. The van der Waals surface area contributed by atoms with Crippen molar-refractivity contribution in [3.05, 3.63) is 35.6 Å². The van der Waals surface area contributed by atoms with Crippen LogP contribution in [-0.2, 0) is 0 Å². The van der Waals surface area contributed by atoms with Gasteiger partial charge in [0.1, 0.15) is 5.82 Å². The monoisotopic (exact) mass is 255 g/mol. The normalized spacial score (nSPS) is 23.6. The summed E-state index contributed by atoms with van der Waals surface area (Å²) in [5.74, 6) is -0.402. The Morgan fingerprint density at radius 1 is 1.41 bits per heavy atom. The molecule has 1 N–H and O–H groups in total. The van der Waals surface area contributed by atoms with Crippen LogP contribution in [0, 0.1) is 11.7 Å². The average Bonchev–Trinajstić information content (AvgIpc) is 2.73. The van der Waals surface area contributed by atoms with E-state index >= 15 is 0 Å². The SMILES string of the molecule is O=C(NCC1CCC(Cl)C1)c1ccccc1F. The van der Waals surface area contributed by atoms with E-state index in [4.69, 9.17) is 11.6 Å². The van der Waals surface area contributed by atoms with E-state index in [0.29, 0.717) is 12.5 Å². The summed E-state index contributed by atoms with van der Waals surface area (Å²) in [6.07, 6.45) is 2.96. The third-order valence-corrected chi connectivity index (χ3v) is 3.54. The average molecular weight is 256 g/mol. The van der Waals surface area contributed by atoms with Gasteiger partial charge < -0.3 is 5.32 Å². The molecule has 92 valence electrons. The fourth-order valence-electron chi connectivity index (χ4n) is 2.18. The van der Waals surface area contributed by atoms with Gasteiger partial charge in [-0.2, -0.15) is 0 Å². The summed E-state index contributed by atoms with van der Waals surface area (Å²) in [6, 6.07) is 6.01. The van der Waals surface area contributed by atoms with E-state index in [2.05, 4.69) is 5.32 Å². The molecule has 1 fully saturated rings. The van der Waals surface area contributed by atoms with E-state index in [9.17, 15) is 9.18 Å². The Bertz CT molecular complexity index is 410. The Morgan fingerprint density at radius 2 is 2.18 bits per heavy atom. The van der Waals surface area contributed by atoms with Gasteiger partial charge in [-0.3, -0.25) is 4.79 Å². The summed E-state index contributed by atoms with van der Waals surface area (Å²) in [7, 11) is 0. The highest BCUT2D eigenvalue weighted by Crippen LogP contribution is 2.28. The highest BCUT2D eigenvalue weighted by atomic mass is 35.5. The van der Waals surface area contributed by atoms with Gasteiger partial charge in [0.25, 0.3) is 5.91 Å². The van der Waals surface area contributed by atoms with Crippen molar-refractivity contribution in [3.63, 3.8) is 0 Å². The zero-order valence-electron chi connectivity index (χ0n) is 9.46. The smallest absolute Gasteiger partial charge is 0.254 e. The maximum atomic E-state index is 13.3.